The Morgan fingerprint density at radius 2 is 1.62 bits per heavy atom. The highest BCUT2D eigenvalue weighted by molar-refractivity contribution is 6.34. The van der Waals surface area contributed by atoms with Crippen molar-refractivity contribution in [3.8, 4) is 17.2 Å². The molecule has 1 heterocycles. The molecule has 0 radical (unpaired) electrons. The Kier molecular flexibility index (Phi) is 4.58. The van der Waals surface area contributed by atoms with Gasteiger partial charge in [0, 0.05) is 30.5 Å². The van der Waals surface area contributed by atoms with E-state index in [2.05, 4.69) is 0 Å². The first-order valence-corrected chi connectivity index (χ1v) is 10.4. The lowest BCUT2D eigenvalue weighted by atomic mass is 9.78. The molecule has 170 valence electrons. The van der Waals surface area contributed by atoms with E-state index in [0.717, 1.165) is 0 Å². The number of phenolic OH excluding ortho intramolecular Hbond substituents is 1. The minimum absolute atomic E-state index is 0.0146. The van der Waals surface area contributed by atoms with Crippen LogP contribution in [0.4, 0.5) is 0 Å². The largest absolute Gasteiger partial charge is 0.507 e. The molecule has 2 aliphatic rings. The molecular weight excluding hydrogens is 440 g/mol. The van der Waals surface area contributed by atoms with E-state index in [4.69, 9.17) is 14.2 Å². The Morgan fingerprint density at radius 3 is 2.32 bits per heavy atom. The van der Waals surface area contributed by atoms with E-state index in [-0.39, 0.29) is 56.2 Å². The summed E-state index contributed by atoms with van der Waals surface area (Å²) in [5, 5.41) is 10.3. The van der Waals surface area contributed by atoms with Crippen LogP contribution in [-0.4, -0.2) is 41.3 Å². The molecule has 1 N–H and O–H groups in total. The molecule has 0 spiro atoms. The van der Waals surface area contributed by atoms with Crippen molar-refractivity contribution >= 4 is 23.3 Å². The number of carbonyl (C=O) groups is 4. The Hall–Kier alpha value is -4.46. The van der Waals surface area contributed by atoms with Crippen molar-refractivity contribution < 1.29 is 38.5 Å². The van der Waals surface area contributed by atoms with Crippen molar-refractivity contribution in [2.45, 2.75) is 19.6 Å². The number of fused-ring (bicyclic) bond motifs is 3. The zero-order valence-electron chi connectivity index (χ0n) is 18.4. The van der Waals surface area contributed by atoms with E-state index in [1.807, 2.05) is 0 Å². The summed E-state index contributed by atoms with van der Waals surface area (Å²) in [7, 11) is 1.36. The van der Waals surface area contributed by atoms with Crippen LogP contribution in [0.3, 0.4) is 0 Å². The molecule has 1 aliphatic heterocycles. The van der Waals surface area contributed by atoms with Gasteiger partial charge in [0.05, 0.1) is 23.8 Å². The number of cyclic esters (lactones) is 1. The molecule has 34 heavy (non-hydrogen) atoms. The van der Waals surface area contributed by atoms with Crippen LogP contribution in [-0.2, 0) is 4.74 Å². The van der Waals surface area contributed by atoms with E-state index in [1.54, 1.807) is 6.07 Å². The van der Waals surface area contributed by atoms with Crippen LogP contribution in [0.1, 0.15) is 72.0 Å². The number of ether oxygens (including phenoxy) is 3. The first-order chi connectivity index (χ1) is 16.1. The third-order valence-electron chi connectivity index (χ3n) is 5.75. The lowest BCUT2D eigenvalue weighted by molar-refractivity contribution is -0.127. The highest BCUT2D eigenvalue weighted by atomic mass is 16.7. The van der Waals surface area contributed by atoms with Gasteiger partial charge in [-0.15, -0.1) is 0 Å². The standard InChI is InChI=1S/C26H18O8/c1-26(2)33-17-11-14-19(24(30)18-13(22(14)28)8-6-10-16(18)32-3)21(20(17)25(31)34-26)23(29)12-7-4-5-9-15(12)27/h4-11,27H,1-3H3. The molecule has 0 bridgehead atoms. The summed E-state index contributed by atoms with van der Waals surface area (Å²) in [4.78, 5) is 54.0. The van der Waals surface area contributed by atoms with Crippen LogP contribution in [0.5, 0.6) is 17.2 Å². The van der Waals surface area contributed by atoms with E-state index in [9.17, 15) is 24.3 Å². The van der Waals surface area contributed by atoms with E-state index in [0.29, 0.717) is 0 Å². The zero-order chi connectivity index (χ0) is 24.4. The maximum atomic E-state index is 13.8. The molecule has 8 nitrogen and oxygen atoms in total. The number of aromatic hydroxyl groups is 1. The highest BCUT2D eigenvalue weighted by Crippen LogP contribution is 2.43. The van der Waals surface area contributed by atoms with Crippen LogP contribution in [0.2, 0.25) is 0 Å². The van der Waals surface area contributed by atoms with Gasteiger partial charge >= 0.3 is 5.97 Å². The fraction of sp³-hybridized carbons (Fsp3) is 0.154. The first kappa shape index (κ1) is 21.4. The van der Waals surface area contributed by atoms with Gasteiger partial charge in [0.15, 0.2) is 17.3 Å². The van der Waals surface area contributed by atoms with Crippen molar-refractivity contribution in [2.75, 3.05) is 7.11 Å². The minimum atomic E-state index is -1.36. The molecular formula is C26H18O8. The fourth-order valence-corrected chi connectivity index (χ4v) is 4.34. The average Bonchev–Trinajstić information content (AvgIpc) is 2.79. The molecule has 0 atom stereocenters. The quantitative estimate of drug-likeness (QED) is 0.365. The molecule has 5 rings (SSSR count). The normalized spacial score (nSPS) is 15.4. The molecule has 0 fully saturated rings. The average molecular weight is 458 g/mol. The first-order valence-electron chi connectivity index (χ1n) is 10.4. The SMILES string of the molecule is COc1cccc2c1C(=O)c1c(cc3c(c1C(=O)c1ccccc1O)C(=O)OC(C)(C)O3)C2=O. The monoisotopic (exact) mass is 458 g/mol. The van der Waals surface area contributed by atoms with Crippen LogP contribution >= 0.6 is 0 Å². The second-order valence-corrected chi connectivity index (χ2v) is 8.33. The van der Waals surface area contributed by atoms with E-state index < -0.39 is 29.1 Å². The van der Waals surface area contributed by atoms with Gasteiger partial charge in [-0.3, -0.25) is 14.4 Å². The van der Waals surface area contributed by atoms with Gasteiger partial charge in [-0.2, -0.15) is 0 Å². The van der Waals surface area contributed by atoms with Crippen LogP contribution in [0.15, 0.2) is 48.5 Å². The number of carbonyl (C=O) groups excluding carboxylic acids is 4. The summed E-state index contributed by atoms with van der Waals surface area (Å²) in [6.45, 7) is 3.01. The number of para-hydroxylation sites is 1. The van der Waals surface area contributed by atoms with Crippen LogP contribution in [0.25, 0.3) is 0 Å². The number of hydrogen-bond acceptors (Lipinski definition) is 8. The van der Waals surface area contributed by atoms with Gasteiger partial charge in [0.2, 0.25) is 5.79 Å². The number of ketones is 3. The van der Waals surface area contributed by atoms with Crippen molar-refractivity contribution in [3.05, 3.63) is 87.5 Å². The smallest absolute Gasteiger partial charge is 0.345 e. The molecule has 1 aliphatic carbocycles. The number of benzene rings is 3. The fourth-order valence-electron chi connectivity index (χ4n) is 4.34. The Morgan fingerprint density at radius 1 is 0.882 bits per heavy atom. The minimum Gasteiger partial charge on any atom is -0.507 e. The van der Waals surface area contributed by atoms with Crippen molar-refractivity contribution in [3.63, 3.8) is 0 Å². The third kappa shape index (κ3) is 2.99. The molecule has 0 saturated heterocycles. The van der Waals surface area contributed by atoms with Crippen LogP contribution in [0, 0.1) is 0 Å². The predicted octanol–water partition coefficient (Wildman–Crippen LogP) is 3.69. The Bertz CT molecular complexity index is 1450. The Labute approximate surface area is 193 Å². The summed E-state index contributed by atoms with van der Waals surface area (Å²) in [6.07, 6.45) is 0. The lowest BCUT2D eigenvalue weighted by Gasteiger charge is -2.34. The molecule has 0 amide bonds. The molecule has 3 aromatic carbocycles. The van der Waals surface area contributed by atoms with E-state index >= 15 is 0 Å². The number of hydrogen-bond donors (Lipinski definition) is 1. The maximum Gasteiger partial charge on any atom is 0.345 e. The molecule has 3 aromatic rings. The third-order valence-corrected chi connectivity index (χ3v) is 5.75. The molecule has 0 unspecified atom stereocenters. The van der Waals surface area contributed by atoms with Crippen molar-refractivity contribution in [2.24, 2.45) is 0 Å². The summed E-state index contributed by atoms with van der Waals surface area (Å²) in [5.74, 6) is -4.54. The van der Waals surface area contributed by atoms with Gasteiger partial charge in [-0.05, 0) is 24.3 Å². The lowest BCUT2D eigenvalue weighted by Crippen LogP contribution is -2.40. The molecule has 8 heteroatoms. The van der Waals surface area contributed by atoms with Gasteiger partial charge in [-0.25, -0.2) is 4.79 Å². The second kappa shape index (κ2) is 7.28. The zero-order valence-corrected chi connectivity index (χ0v) is 18.4. The number of rotatable bonds is 3. The number of esters is 1. The van der Waals surface area contributed by atoms with Crippen molar-refractivity contribution in [1.29, 1.82) is 0 Å². The highest BCUT2D eigenvalue weighted by Gasteiger charge is 2.44. The van der Waals surface area contributed by atoms with Gasteiger partial charge in [-0.1, -0.05) is 24.3 Å². The van der Waals surface area contributed by atoms with Crippen LogP contribution < -0.4 is 9.47 Å². The maximum absolute atomic E-state index is 13.8. The molecule has 0 aromatic heterocycles. The number of methoxy groups -OCH3 is 1. The summed E-state index contributed by atoms with van der Waals surface area (Å²) >= 11 is 0. The summed E-state index contributed by atoms with van der Waals surface area (Å²) in [5.41, 5.74) is -1.07. The summed E-state index contributed by atoms with van der Waals surface area (Å²) < 4.78 is 16.4. The van der Waals surface area contributed by atoms with E-state index in [1.165, 1.54) is 63.4 Å². The van der Waals surface area contributed by atoms with Gasteiger partial charge in [0.1, 0.15) is 22.8 Å². The Balaban J connectivity index is 1.88. The topological polar surface area (TPSA) is 116 Å². The summed E-state index contributed by atoms with van der Waals surface area (Å²) in [6, 6.07) is 11.6. The van der Waals surface area contributed by atoms with Gasteiger partial charge in [0.25, 0.3) is 0 Å². The van der Waals surface area contributed by atoms with Gasteiger partial charge < -0.3 is 19.3 Å². The number of phenols is 1. The molecule has 0 saturated carbocycles. The predicted molar refractivity (Wildman–Crippen MR) is 118 cm³/mol. The second-order valence-electron chi connectivity index (χ2n) is 8.33. The van der Waals surface area contributed by atoms with Crippen molar-refractivity contribution in [1.82, 2.24) is 0 Å².